The van der Waals surface area contributed by atoms with Crippen LogP contribution < -0.4 is 0 Å². The molecule has 0 saturated carbocycles. The van der Waals surface area contributed by atoms with Crippen molar-refractivity contribution < 1.29 is 19.1 Å². The zero-order valence-corrected chi connectivity index (χ0v) is 14.7. The van der Waals surface area contributed by atoms with Gasteiger partial charge in [0, 0.05) is 11.6 Å². The normalized spacial score (nSPS) is 11.1. The van der Waals surface area contributed by atoms with Crippen LogP contribution in [0.25, 0.3) is 0 Å². The van der Waals surface area contributed by atoms with E-state index in [9.17, 15) is 9.59 Å². The van der Waals surface area contributed by atoms with Gasteiger partial charge in [-0.2, -0.15) is 0 Å². The second kappa shape index (κ2) is 10.9. The number of carbonyl (C=O) groups excluding carboxylic acids is 2. The molecule has 1 heterocycles. The predicted molar refractivity (Wildman–Crippen MR) is 90.3 cm³/mol. The van der Waals surface area contributed by atoms with E-state index in [2.05, 4.69) is 16.9 Å². The highest BCUT2D eigenvalue weighted by Gasteiger charge is 2.27. The zero-order valence-electron chi connectivity index (χ0n) is 13.9. The van der Waals surface area contributed by atoms with Crippen molar-refractivity contribution in [2.75, 3.05) is 13.2 Å². The standard InChI is InChI=1S/C16H24N2O4S/c1-4-7-8-9-12-11-23-16(18-12)17-10-13(14(19)21-5-2)15(20)22-6-3/h10-11,13H,4-9H2,1-3H3. The van der Waals surface area contributed by atoms with Gasteiger partial charge in [-0.15, -0.1) is 11.3 Å². The zero-order chi connectivity index (χ0) is 17.1. The van der Waals surface area contributed by atoms with E-state index < -0.39 is 17.9 Å². The van der Waals surface area contributed by atoms with Crippen molar-refractivity contribution in [2.24, 2.45) is 10.9 Å². The molecule has 1 aromatic rings. The molecular formula is C16H24N2O4S. The maximum Gasteiger partial charge on any atom is 0.325 e. The van der Waals surface area contributed by atoms with Crippen LogP contribution in [0.3, 0.4) is 0 Å². The van der Waals surface area contributed by atoms with E-state index in [4.69, 9.17) is 9.47 Å². The summed E-state index contributed by atoms with van der Waals surface area (Å²) in [5, 5.41) is 2.47. The van der Waals surface area contributed by atoms with Gasteiger partial charge in [-0.25, -0.2) is 9.98 Å². The maximum absolute atomic E-state index is 11.8. The van der Waals surface area contributed by atoms with Gasteiger partial charge in [0.2, 0.25) is 5.13 Å². The van der Waals surface area contributed by atoms with Crippen molar-refractivity contribution in [3.8, 4) is 0 Å². The third-order valence-electron chi connectivity index (χ3n) is 2.99. The molecule has 0 fully saturated rings. The summed E-state index contributed by atoms with van der Waals surface area (Å²) in [4.78, 5) is 32.2. The second-order valence-electron chi connectivity index (χ2n) is 4.84. The van der Waals surface area contributed by atoms with Crippen LogP contribution in [0, 0.1) is 5.92 Å². The Balaban J connectivity index is 2.72. The summed E-state index contributed by atoms with van der Waals surface area (Å²) in [6.45, 7) is 5.91. The summed E-state index contributed by atoms with van der Waals surface area (Å²) in [5.41, 5.74) is 0.986. The molecule has 23 heavy (non-hydrogen) atoms. The molecule has 0 saturated heterocycles. The third-order valence-corrected chi connectivity index (χ3v) is 3.79. The molecule has 7 heteroatoms. The van der Waals surface area contributed by atoms with Crippen LogP contribution >= 0.6 is 11.3 Å². The number of esters is 2. The molecule has 1 rings (SSSR count). The van der Waals surface area contributed by atoms with Gasteiger partial charge >= 0.3 is 11.9 Å². The largest absolute Gasteiger partial charge is 0.465 e. The van der Waals surface area contributed by atoms with Crippen LogP contribution in [0.1, 0.15) is 45.7 Å². The second-order valence-corrected chi connectivity index (χ2v) is 5.68. The van der Waals surface area contributed by atoms with Gasteiger partial charge in [0.1, 0.15) is 0 Å². The van der Waals surface area contributed by atoms with E-state index in [0.29, 0.717) is 5.13 Å². The molecule has 0 aliphatic carbocycles. The molecule has 0 radical (unpaired) electrons. The van der Waals surface area contributed by atoms with Gasteiger partial charge in [0.15, 0.2) is 5.92 Å². The molecule has 0 N–H and O–H groups in total. The number of aliphatic imine (C=N–C) groups is 1. The lowest BCUT2D eigenvalue weighted by Gasteiger charge is -2.09. The average Bonchev–Trinajstić information content (AvgIpc) is 2.96. The minimum atomic E-state index is -1.15. The SMILES string of the molecule is CCCCCc1csc(N=CC(C(=O)OCC)C(=O)OCC)n1. The van der Waals surface area contributed by atoms with Crippen LogP contribution in [0.4, 0.5) is 5.13 Å². The van der Waals surface area contributed by atoms with Crippen molar-refractivity contribution in [3.05, 3.63) is 11.1 Å². The molecule has 0 bridgehead atoms. The van der Waals surface area contributed by atoms with Crippen LogP contribution in [-0.4, -0.2) is 36.4 Å². The monoisotopic (exact) mass is 340 g/mol. The highest BCUT2D eigenvalue weighted by Crippen LogP contribution is 2.20. The lowest BCUT2D eigenvalue weighted by molar-refractivity contribution is -0.157. The highest BCUT2D eigenvalue weighted by atomic mass is 32.1. The van der Waals surface area contributed by atoms with Gasteiger partial charge in [0.05, 0.1) is 18.9 Å². The number of hydrogen-bond acceptors (Lipinski definition) is 7. The van der Waals surface area contributed by atoms with E-state index in [1.54, 1.807) is 13.8 Å². The van der Waals surface area contributed by atoms with Crippen molar-refractivity contribution in [1.29, 1.82) is 0 Å². The Kier molecular flexibility index (Phi) is 9.12. The average molecular weight is 340 g/mol. The van der Waals surface area contributed by atoms with Crippen molar-refractivity contribution in [3.63, 3.8) is 0 Å². The first-order chi connectivity index (χ1) is 11.1. The number of hydrogen-bond donors (Lipinski definition) is 0. The topological polar surface area (TPSA) is 77.8 Å². The summed E-state index contributed by atoms with van der Waals surface area (Å²) in [5.74, 6) is -2.47. The van der Waals surface area contributed by atoms with E-state index in [1.165, 1.54) is 24.0 Å². The van der Waals surface area contributed by atoms with E-state index >= 15 is 0 Å². The minimum Gasteiger partial charge on any atom is -0.465 e. The summed E-state index contributed by atoms with van der Waals surface area (Å²) in [6, 6.07) is 0. The number of rotatable bonds is 10. The van der Waals surface area contributed by atoms with E-state index in [1.807, 2.05) is 5.38 Å². The Morgan fingerprint density at radius 1 is 1.22 bits per heavy atom. The summed E-state index contributed by atoms with van der Waals surface area (Å²) in [6.07, 6.45) is 5.60. The molecule has 0 aliphatic rings. The molecule has 0 amide bonds. The number of nitrogens with zero attached hydrogens (tertiary/aromatic N) is 2. The summed E-state index contributed by atoms with van der Waals surface area (Å²) in [7, 11) is 0. The van der Waals surface area contributed by atoms with Gasteiger partial charge in [-0.05, 0) is 26.7 Å². The number of unbranched alkanes of at least 4 members (excludes halogenated alkanes) is 2. The summed E-state index contributed by atoms with van der Waals surface area (Å²) < 4.78 is 9.77. The fraction of sp³-hybridized carbons (Fsp3) is 0.625. The van der Waals surface area contributed by atoms with E-state index in [0.717, 1.165) is 25.0 Å². The van der Waals surface area contributed by atoms with Crippen LogP contribution in [0.15, 0.2) is 10.4 Å². The number of thiazole rings is 1. The predicted octanol–water partition coefficient (Wildman–Crippen LogP) is 3.32. The third kappa shape index (κ3) is 6.90. The Morgan fingerprint density at radius 2 is 1.87 bits per heavy atom. The molecular weight excluding hydrogens is 316 g/mol. The van der Waals surface area contributed by atoms with Gasteiger partial charge < -0.3 is 9.47 Å². The fourth-order valence-electron chi connectivity index (χ4n) is 1.85. The van der Waals surface area contributed by atoms with E-state index in [-0.39, 0.29) is 13.2 Å². The van der Waals surface area contributed by atoms with Crippen molar-refractivity contribution in [1.82, 2.24) is 4.98 Å². The first-order valence-corrected chi connectivity index (χ1v) is 8.82. The quantitative estimate of drug-likeness (QED) is 0.282. The smallest absolute Gasteiger partial charge is 0.325 e. The molecule has 0 aliphatic heterocycles. The Morgan fingerprint density at radius 3 is 2.43 bits per heavy atom. The summed E-state index contributed by atoms with van der Waals surface area (Å²) >= 11 is 1.39. The lowest BCUT2D eigenvalue weighted by atomic mass is 10.2. The molecule has 0 unspecified atom stereocenters. The van der Waals surface area contributed by atoms with Crippen LogP contribution in [0.5, 0.6) is 0 Å². The van der Waals surface area contributed by atoms with Crippen LogP contribution in [0.2, 0.25) is 0 Å². The number of carbonyl (C=O) groups is 2. The molecule has 1 aromatic heterocycles. The Hall–Kier alpha value is -1.76. The molecule has 6 nitrogen and oxygen atoms in total. The molecule has 0 atom stereocenters. The highest BCUT2D eigenvalue weighted by molar-refractivity contribution is 7.13. The Labute approximate surface area is 140 Å². The molecule has 0 spiro atoms. The number of aromatic nitrogens is 1. The molecule has 0 aromatic carbocycles. The van der Waals surface area contributed by atoms with Gasteiger partial charge in [0.25, 0.3) is 0 Å². The number of aryl methyl sites for hydroxylation is 1. The number of ether oxygens (including phenoxy) is 2. The first-order valence-electron chi connectivity index (χ1n) is 7.94. The van der Waals surface area contributed by atoms with Gasteiger partial charge in [-0.3, -0.25) is 9.59 Å². The van der Waals surface area contributed by atoms with Crippen LogP contribution in [-0.2, 0) is 25.5 Å². The first kappa shape index (κ1) is 19.3. The van der Waals surface area contributed by atoms with Crippen molar-refractivity contribution >= 4 is 34.6 Å². The minimum absolute atomic E-state index is 0.196. The van der Waals surface area contributed by atoms with Crippen molar-refractivity contribution in [2.45, 2.75) is 46.5 Å². The van der Waals surface area contributed by atoms with Gasteiger partial charge in [-0.1, -0.05) is 19.8 Å². The lowest BCUT2D eigenvalue weighted by Crippen LogP contribution is -2.29. The fourth-order valence-corrected chi connectivity index (χ4v) is 2.55. The maximum atomic E-state index is 11.8. The Bertz CT molecular complexity index is 510. The molecule has 128 valence electrons.